The zero-order valence-corrected chi connectivity index (χ0v) is 13.7. The van der Waals surface area contributed by atoms with E-state index >= 15 is 0 Å². The van der Waals surface area contributed by atoms with Gasteiger partial charge < -0.3 is 15.2 Å². The largest absolute Gasteiger partial charge is 0.467 e. The number of benzene rings is 2. The molecule has 0 radical (unpaired) electrons. The van der Waals surface area contributed by atoms with Crippen molar-refractivity contribution in [2.75, 3.05) is 7.11 Å². The van der Waals surface area contributed by atoms with E-state index in [1.165, 1.54) is 7.11 Å². The Hall–Kier alpha value is -2.66. The highest BCUT2D eigenvalue weighted by atomic mass is 16.5. The van der Waals surface area contributed by atoms with Crippen molar-refractivity contribution in [2.24, 2.45) is 0 Å². The molecule has 0 saturated heterocycles. The van der Waals surface area contributed by atoms with Crippen LogP contribution in [0.3, 0.4) is 0 Å². The number of carbonyl (C=O) groups is 2. The van der Waals surface area contributed by atoms with Gasteiger partial charge in [-0.1, -0.05) is 49.4 Å². The van der Waals surface area contributed by atoms with Crippen LogP contribution in [0.5, 0.6) is 0 Å². The first-order valence-corrected chi connectivity index (χ1v) is 7.77. The summed E-state index contributed by atoms with van der Waals surface area (Å²) in [7, 11) is 1.19. The van der Waals surface area contributed by atoms with Crippen molar-refractivity contribution in [1.82, 2.24) is 5.32 Å². The van der Waals surface area contributed by atoms with Crippen molar-refractivity contribution in [1.29, 1.82) is 0 Å². The number of amides is 1. The number of carbonyl (C=O) groups excluding carboxylic acids is 2. The third kappa shape index (κ3) is 4.20. The quantitative estimate of drug-likeness (QED) is 0.798. The standard InChI is InChI=1S/C19H21NO4/c1-3-13-9-11-15(12-10-13)18(22)20-16(17(21)19(23)24-2)14-7-5-4-6-8-14/h4-12,16-17,21H,3H2,1-2H3,(H,20,22). The highest BCUT2D eigenvalue weighted by Gasteiger charge is 2.30. The van der Waals surface area contributed by atoms with E-state index in [9.17, 15) is 14.7 Å². The summed E-state index contributed by atoms with van der Waals surface area (Å²) in [5, 5.41) is 12.9. The lowest BCUT2D eigenvalue weighted by Gasteiger charge is -2.23. The number of ether oxygens (including phenoxy) is 1. The normalized spacial score (nSPS) is 13.0. The minimum Gasteiger partial charge on any atom is -0.467 e. The van der Waals surface area contributed by atoms with Crippen LogP contribution in [0.1, 0.15) is 34.5 Å². The van der Waals surface area contributed by atoms with Crippen LogP contribution in [0.2, 0.25) is 0 Å². The van der Waals surface area contributed by atoms with Crippen molar-refractivity contribution in [3.05, 3.63) is 71.3 Å². The molecule has 0 spiro atoms. The Morgan fingerprint density at radius 3 is 2.25 bits per heavy atom. The third-order valence-corrected chi connectivity index (χ3v) is 3.83. The van der Waals surface area contributed by atoms with Crippen LogP contribution in [0.15, 0.2) is 54.6 Å². The lowest BCUT2D eigenvalue weighted by molar-refractivity contribution is -0.151. The number of hydrogen-bond acceptors (Lipinski definition) is 4. The number of aryl methyl sites for hydroxylation is 1. The highest BCUT2D eigenvalue weighted by Crippen LogP contribution is 2.19. The van der Waals surface area contributed by atoms with E-state index in [1.54, 1.807) is 36.4 Å². The van der Waals surface area contributed by atoms with Gasteiger partial charge in [-0.25, -0.2) is 4.79 Å². The van der Waals surface area contributed by atoms with Crippen LogP contribution in [0.4, 0.5) is 0 Å². The van der Waals surface area contributed by atoms with Crippen LogP contribution in [-0.4, -0.2) is 30.2 Å². The lowest BCUT2D eigenvalue weighted by Crippen LogP contribution is -2.40. The Kier molecular flexibility index (Phi) is 6.09. The van der Waals surface area contributed by atoms with Gasteiger partial charge in [-0.15, -0.1) is 0 Å². The zero-order chi connectivity index (χ0) is 17.5. The molecule has 0 aliphatic heterocycles. The average Bonchev–Trinajstić information content (AvgIpc) is 2.65. The molecule has 5 nitrogen and oxygen atoms in total. The summed E-state index contributed by atoms with van der Waals surface area (Å²) < 4.78 is 4.59. The number of rotatable bonds is 6. The Labute approximate surface area is 141 Å². The van der Waals surface area contributed by atoms with Gasteiger partial charge >= 0.3 is 5.97 Å². The first-order valence-electron chi connectivity index (χ1n) is 7.77. The fourth-order valence-electron chi connectivity index (χ4n) is 2.38. The molecule has 0 aromatic heterocycles. The molecule has 0 heterocycles. The van der Waals surface area contributed by atoms with Crippen molar-refractivity contribution in [2.45, 2.75) is 25.5 Å². The Morgan fingerprint density at radius 1 is 1.08 bits per heavy atom. The van der Waals surface area contributed by atoms with Crippen molar-refractivity contribution >= 4 is 11.9 Å². The number of aliphatic hydroxyl groups excluding tert-OH is 1. The van der Waals surface area contributed by atoms with Gasteiger partial charge in [0.05, 0.1) is 13.2 Å². The molecule has 24 heavy (non-hydrogen) atoms. The van der Waals surface area contributed by atoms with Crippen LogP contribution < -0.4 is 5.32 Å². The first kappa shape index (κ1) is 17.7. The number of esters is 1. The zero-order valence-electron chi connectivity index (χ0n) is 13.7. The molecule has 0 saturated carbocycles. The van der Waals surface area contributed by atoms with Crippen molar-refractivity contribution < 1.29 is 19.4 Å². The van der Waals surface area contributed by atoms with E-state index in [1.807, 2.05) is 25.1 Å². The van der Waals surface area contributed by atoms with Crippen LogP contribution >= 0.6 is 0 Å². The van der Waals surface area contributed by atoms with E-state index in [-0.39, 0.29) is 5.91 Å². The molecule has 2 aromatic carbocycles. The fourth-order valence-corrected chi connectivity index (χ4v) is 2.38. The maximum atomic E-state index is 12.5. The fraction of sp³-hybridized carbons (Fsp3) is 0.263. The minimum absolute atomic E-state index is 0.366. The number of aliphatic hydroxyl groups is 1. The first-order chi connectivity index (χ1) is 11.6. The van der Waals surface area contributed by atoms with Crippen LogP contribution in [0, 0.1) is 0 Å². The van der Waals surface area contributed by atoms with Gasteiger partial charge in [-0.05, 0) is 29.7 Å². The monoisotopic (exact) mass is 327 g/mol. The van der Waals surface area contributed by atoms with Gasteiger partial charge in [0.1, 0.15) is 0 Å². The maximum absolute atomic E-state index is 12.5. The van der Waals surface area contributed by atoms with Crippen LogP contribution in [-0.2, 0) is 16.0 Å². The maximum Gasteiger partial charge on any atom is 0.337 e. The number of nitrogens with one attached hydrogen (secondary N) is 1. The molecule has 0 aliphatic carbocycles. The summed E-state index contributed by atoms with van der Waals surface area (Å²) in [6.07, 6.45) is -0.605. The SMILES string of the molecule is CCc1ccc(C(=O)NC(c2ccccc2)C(O)C(=O)OC)cc1. The summed E-state index contributed by atoms with van der Waals surface area (Å²) in [5.41, 5.74) is 2.21. The van der Waals surface area contributed by atoms with Crippen molar-refractivity contribution in [3.8, 4) is 0 Å². The number of methoxy groups -OCH3 is 1. The van der Waals surface area contributed by atoms with E-state index < -0.39 is 18.1 Å². The molecule has 1 amide bonds. The Balaban J connectivity index is 2.23. The van der Waals surface area contributed by atoms with Crippen LogP contribution in [0.25, 0.3) is 0 Å². The molecule has 0 fully saturated rings. The van der Waals surface area contributed by atoms with E-state index in [0.29, 0.717) is 11.1 Å². The predicted molar refractivity (Wildman–Crippen MR) is 90.5 cm³/mol. The molecule has 2 rings (SSSR count). The predicted octanol–water partition coefficient (Wildman–Crippen LogP) is 2.25. The molecule has 5 heteroatoms. The van der Waals surface area contributed by atoms with Crippen molar-refractivity contribution in [3.63, 3.8) is 0 Å². The van der Waals surface area contributed by atoms with Gasteiger partial charge in [0.15, 0.2) is 6.10 Å². The second-order valence-corrected chi connectivity index (χ2v) is 5.38. The van der Waals surface area contributed by atoms with E-state index in [2.05, 4.69) is 10.1 Å². The Morgan fingerprint density at radius 2 is 1.71 bits per heavy atom. The van der Waals surface area contributed by atoms with Gasteiger partial charge in [0.2, 0.25) is 0 Å². The summed E-state index contributed by atoms with van der Waals surface area (Å²) in [6.45, 7) is 2.03. The molecule has 2 atom stereocenters. The molecule has 2 N–H and O–H groups in total. The topological polar surface area (TPSA) is 75.6 Å². The van der Waals surface area contributed by atoms with Gasteiger partial charge in [-0.2, -0.15) is 0 Å². The molecular formula is C19H21NO4. The average molecular weight is 327 g/mol. The summed E-state index contributed by atoms with van der Waals surface area (Å²) in [4.78, 5) is 24.2. The minimum atomic E-state index is -1.49. The number of hydrogen-bond donors (Lipinski definition) is 2. The molecule has 2 aromatic rings. The molecule has 2 unspecified atom stereocenters. The van der Waals surface area contributed by atoms with E-state index in [0.717, 1.165) is 12.0 Å². The molecule has 0 bridgehead atoms. The van der Waals surface area contributed by atoms with Gasteiger partial charge in [-0.3, -0.25) is 4.79 Å². The smallest absolute Gasteiger partial charge is 0.337 e. The van der Waals surface area contributed by atoms with Gasteiger partial charge in [0, 0.05) is 5.56 Å². The Bertz CT molecular complexity index is 682. The third-order valence-electron chi connectivity index (χ3n) is 3.83. The lowest BCUT2D eigenvalue weighted by atomic mass is 10.0. The second kappa shape index (κ2) is 8.26. The second-order valence-electron chi connectivity index (χ2n) is 5.38. The molecule has 0 aliphatic rings. The highest BCUT2D eigenvalue weighted by molar-refractivity contribution is 5.95. The van der Waals surface area contributed by atoms with E-state index in [4.69, 9.17) is 0 Å². The summed E-state index contributed by atoms with van der Waals surface area (Å²) >= 11 is 0. The van der Waals surface area contributed by atoms with Gasteiger partial charge in [0.25, 0.3) is 5.91 Å². The summed E-state index contributed by atoms with van der Waals surface area (Å²) in [5.74, 6) is -1.17. The summed E-state index contributed by atoms with van der Waals surface area (Å²) in [6, 6.07) is 15.1. The molecule has 126 valence electrons. The molecular weight excluding hydrogens is 306 g/mol.